The topological polar surface area (TPSA) is 102 Å². The Morgan fingerprint density at radius 2 is 2.13 bits per heavy atom. The van der Waals surface area contributed by atoms with Gasteiger partial charge in [-0.15, -0.1) is 0 Å². The fourth-order valence-corrected chi connectivity index (χ4v) is 4.50. The number of rotatable bonds is 5. The molecule has 2 unspecified atom stereocenters. The monoisotopic (exact) mass is 419 g/mol. The number of nitriles is 1. The van der Waals surface area contributed by atoms with Crippen LogP contribution in [0.4, 0.5) is 0 Å². The van der Waals surface area contributed by atoms with Gasteiger partial charge in [0.25, 0.3) is 0 Å². The van der Waals surface area contributed by atoms with Gasteiger partial charge in [0.1, 0.15) is 11.3 Å². The number of amides is 1. The lowest BCUT2D eigenvalue weighted by atomic mass is 10.0. The van der Waals surface area contributed by atoms with Crippen LogP contribution in [0.2, 0.25) is 0 Å². The van der Waals surface area contributed by atoms with Crippen molar-refractivity contribution in [2.24, 2.45) is 0 Å². The summed E-state index contributed by atoms with van der Waals surface area (Å²) in [6.45, 7) is 4.04. The predicted octanol–water partition coefficient (Wildman–Crippen LogP) is 2.64. The Morgan fingerprint density at radius 1 is 1.29 bits per heavy atom. The van der Waals surface area contributed by atoms with Crippen LogP contribution in [0.15, 0.2) is 24.4 Å². The molecule has 2 saturated heterocycles. The largest absolute Gasteiger partial charge is 0.378 e. The highest BCUT2D eigenvalue weighted by Crippen LogP contribution is 2.34. The van der Waals surface area contributed by atoms with E-state index in [1.807, 2.05) is 12.1 Å². The number of imidazole rings is 1. The van der Waals surface area contributed by atoms with Crippen molar-refractivity contribution in [2.45, 2.75) is 50.9 Å². The van der Waals surface area contributed by atoms with Gasteiger partial charge in [-0.3, -0.25) is 9.78 Å². The van der Waals surface area contributed by atoms with Crippen molar-refractivity contribution in [1.29, 1.82) is 5.26 Å². The van der Waals surface area contributed by atoms with E-state index < -0.39 is 0 Å². The number of hydrogen-bond acceptors (Lipinski definition) is 6. The molecular formula is C23H25N5O3. The molecule has 0 saturated carbocycles. The molecule has 3 aromatic rings. The van der Waals surface area contributed by atoms with Crippen LogP contribution in [0.1, 0.15) is 43.6 Å². The fraction of sp³-hybridized carbons (Fsp3) is 0.478. The van der Waals surface area contributed by atoms with Gasteiger partial charge < -0.3 is 19.4 Å². The van der Waals surface area contributed by atoms with Crippen molar-refractivity contribution in [3.63, 3.8) is 0 Å². The number of hydrogen-bond donors (Lipinski definition) is 1. The van der Waals surface area contributed by atoms with Gasteiger partial charge in [0.2, 0.25) is 5.91 Å². The van der Waals surface area contributed by atoms with Crippen LogP contribution >= 0.6 is 0 Å². The highest BCUT2D eigenvalue weighted by Gasteiger charge is 2.27. The van der Waals surface area contributed by atoms with E-state index in [4.69, 9.17) is 14.5 Å². The summed E-state index contributed by atoms with van der Waals surface area (Å²) in [5.41, 5.74) is 3.07. The number of benzene rings is 1. The summed E-state index contributed by atoms with van der Waals surface area (Å²) in [6, 6.07) is 7.88. The molecule has 1 amide bonds. The quantitative estimate of drug-likeness (QED) is 0.682. The van der Waals surface area contributed by atoms with E-state index in [2.05, 4.69) is 27.9 Å². The smallest absolute Gasteiger partial charge is 0.227 e. The summed E-state index contributed by atoms with van der Waals surface area (Å²) in [7, 11) is 0. The van der Waals surface area contributed by atoms with Crippen LogP contribution in [0.3, 0.4) is 0 Å². The minimum atomic E-state index is -0.0675. The summed E-state index contributed by atoms with van der Waals surface area (Å²) in [6.07, 6.45) is 4.88. The molecule has 0 bridgehead atoms. The fourth-order valence-electron chi connectivity index (χ4n) is 4.50. The summed E-state index contributed by atoms with van der Waals surface area (Å²) < 4.78 is 13.4. The molecule has 2 aromatic heterocycles. The molecule has 0 aliphatic carbocycles. The van der Waals surface area contributed by atoms with Crippen LogP contribution < -0.4 is 5.32 Å². The molecule has 2 aliphatic rings. The van der Waals surface area contributed by atoms with Gasteiger partial charge in [0.05, 0.1) is 47.5 Å². The lowest BCUT2D eigenvalue weighted by Crippen LogP contribution is -2.40. The summed E-state index contributed by atoms with van der Waals surface area (Å²) in [5.74, 6) is 0.653. The maximum atomic E-state index is 12.7. The molecular weight excluding hydrogens is 394 g/mol. The van der Waals surface area contributed by atoms with Crippen LogP contribution in [0.25, 0.3) is 21.9 Å². The average molecular weight is 419 g/mol. The van der Waals surface area contributed by atoms with Gasteiger partial charge in [-0.1, -0.05) is 0 Å². The SMILES string of the molecule is CC1C[C@H](n2c(CC(=O)NCC3CCO3)nc3cnc4ccc(C#N)cc4c32)CCO1. The minimum absolute atomic E-state index is 0.0675. The number of nitrogens with one attached hydrogen (secondary N) is 1. The van der Waals surface area contributed by atoms with Crippen molar-refractivity contribution in [1.82, 2.24) is 19.9 Å². The first kappa shape index (κ1) is 19.9. The van der Waals surface area contributed by atoms with E-state index in [1.165, 1.54) is 0 Å². The van der Waals surface area contributed by atoms with Crippen molar-refractivity contribution < 1.29 is 14.3 Å². The minimum Gasteiger partial charge on any atom is -0.378 e. The molecule has 2 fully saturated rings. The number of fused-ring (bicyclic) bond motifs is 3. The normalized spacial score (nSPS) is 23.4. The number of carbonyl (C=O) groups is 1. The third kappa shape index (κ3) is 3.87. The van der Waals surface area contributed by atoms with Crippen molar-refractivity contribution in [2.75, 3.05) is 19.8 Å². The van der Waals surface area contributed by atoms with Crippen LogP contribution in [-0.4, -0.2) is 52.4 Å². The Balaban J connectivity index is 1.58. The van der Waals surface area contributed by atoms with Gasteiger partial charge in [-0.25, -0.2) is 4.98 Å². The number of pyridine rings is 1. The third-order valence-electron chi connectivity index (χ3n) is 6.18. The van der Waals surface area contributed by atoms with Crippen molar-refractivity contribution in [3.05, 3.63) is 35.8 Å². The number of ether oxygens (including phenoxy) is 2. The van der Waals surface area contributed by atoms with Crippen LogP contribution in [-0.2, 0) is 20.7 Å². The number of aromatic nitrogens is 3. The Bertz CT molecular complexity index is 1180. The zero-order valence-corrected chi connectivity index (χ0v) is 17.5. The maximum absolute atomic E-state index is 12.7. The average Bonchev–Trinajstić information content (AvgIpc) is 3.10. The molecule has 2 aliphatic heterocycles. The molecule has 0 radical (unpaired) electrons. The standard InChI is InChI=1S/C23H25N5O3/c1-14-8-16(4-6-30-14)28-21(10-22(29)26-12-17-5-7-31-17)27-20-13-25-19-3-2-15(11-24)9-18(19)23(20)28/h2-3,9,13-14,16-17H,4-8,10,12H2,1H3,(H,26,29)/t14?,16-,17?/m1/s1. The molecule has 1 aromatic carbocycles. The van der Waals surface area contributed by atoms with E-state index in [9.17, 15) is 10.1 Å². The number of carbonyl (C=O) groups excluding carboxylic acids is 1. The Kier molecular flexibility index (Phi) is 5.30. The lowest BCUT2D eigenvalue weighted by molar-refractivity contribution is -0.122. The molecule has 160 valence electrons. The van der Waals surface area contributed by atoms with E-state index in [1.54, 1.807) is 12.3 Å². The van der Waals surface area contributed by atoms with E-state index in [0.717, 1.165) is 53.6 Å². The molecule has 0 spiro atoms. The van der Waals surface area contributed by atoms with Crippen LogP contribution in [0.5, 0.6) is 0 Å². The highest BCUT2D eigenvalue weighted by molar-refractivity contribution is 6.03. The van der Waals surface area contributed by atoms with Gasteiger partial charge in [0, 0.05) is 31.2 Å². The molecule has 8 heteroatoms. The summed E-state index contributed by atoms with van der Waals surface area (Å²) >= 11 is 0. The van der Waals surface area contributed by atoms with Crippen LogP contribution in [0, 0.1) is 11.3 Å². The molecule has 31 heavy (non-hydrogen) atoms. The van der Waals surface area contributed by atoms with E-state index >= 15 is 0 Å². The first-order valence-electron chi connectivity index (χ1n) is 10.8. The second-order valence-corrected chi connectivity index (χ2v) is 8.36. The first-order valence-corrected chi connectivity index (χ1v) is 10.8. The zero-order chi connectivity index (χ0) is 21.4. The lowest BCUT2D eigenvalue weighted by Gasteiger charge is -2.30. The Hall–Kier alpha value is -3.02. The summed E-state index contributed by atoms with van der Waals surface area (Å²) in [4.78, 5) is 22.0. The predicted molar refractivity (Wildman–Crippen MR) is 115 cm³/mol. The molecule has 8 nitrogen and oxygen atoms in total. The summed E-state index contributed by atoms with van der Waals surface area (Å²) in [5, 5.41) is 13.3. The Labute approximate surface area is 180 Å². The molecule has 3 atom stereocenters. The first-order chi connectivity index (χ1) is 15.1. The van der Waals surface area contributed by atoms with Crippen molar-refractivity contribution >= 4 is 27.8 Å². The van der Waals surface area contributed by atoms with Gasteiger partial charge in [-0.2, -0.15) is 5.26 Å². The highest BCUT2D eigenvalue weighted by atomic mass is 16.5. The van der Waals surface area contributed by atoms with Gasteiger partial charge in [-0.05, 0) is 44.4 Å². The molecule has 4 heterocycles. The van der Waals surface area contributed by atoms with Gasteiger partial charge in [0.15, 0.2) is 0 Å². The molecule has 5 rings (SSSR count). The van der Waals surface area contributed by atoms with E-state index in [0.29, 0.717) is 18.7 Å². The second-order valence-electron chi connectivity index (χ2n) is 8.36. The van der Waals surface area contributed by atoms with Gasteiger partial charge >= 0.3 is 0 Å². The van der Waals surface area contributed by atoms with E-state index in [-0.39, 0.29) is 30.6 Å². The maximum Gasteiger partial charge on any atom is 0.227 e. The third-order valence-corrected chi connectivity index (χ3v) is 6.18. The zero-order valence-electron chi connectivity index (χ0n) is 17.5. The Morgan fingerprint density at radius 3 is 2.87 bits per heavy atom. The molecule has 1 N–H and O–H groups in total. The number of nitrogens with zero attached hydrogens (tertiary/aromatic N) is 4. The second kappa shape index (κ2) is 8.25. The van der Waals surface area contributed by atoms with Crippen molar-refractivity contribution in [3.8, 4) is 6.07 Å².